The molecule has 0 fully saturated rings. The van der Waals surface area contributed by atoms with Crippen LogP contribution in [0.4, 0.5) is 11.6 Å². The van der Waals surface area contributed by atoms with E-state index in [4.69, 9.17) is 22.1 Å². The Bertz CT molecular complexity index is 1240. The van der Waals surface area contributed by atoms with E-state index in [2.05, 4.69) is 40.6 Å². The zero-order valence-corrected chi connectivity index (χ0v) is 23.0. The van der Waals surface area contributed by atoms with Crippen LogP contribution in [0.3, 0.4) is 0 Å². The summed E-state index contributed by atoms with van der Waals surface area (Å²) < 4.78 is 6.24. The van der Waals surface area contributed by atoms with Crippen molar-refractivity contribution in [3.63, 3.8) is 0 Å². The Hall–Kier alpha value is -3.39. The Kier molecular flexibility index (Phi) is 8.40. The fourth-order valence-corrected chi connectivity index (χ4v) is 4.44. The molecule has 2 aromatic heterocycles. The molecule has 3 aromatic rings. The lowest BCUT2D eigenvalue weighted by Crippen LogP contribution is -2.26. The van der Waals surface area contributed by atoms with Crippen molar-refractivity contribution in [3.05, 3.63) is 58.1 Å². The predicted molar refractivity (Wildman–Crippen MR) is 146 cm³/mol. The second kappa shape index (κ2) is 11.1. The van der Waals surface area contributed by atoms with Crippen molar-refractivity contribution < 1.29 is 9.53 Å². The Morgan fingerprint density at radius 2 is 1.83 bits per heavy atom. The summed E-state index contributed by atoms with van der Waals surface area (Å²) in [5.41, 5.74) is 10.9. The summed E-state index contributed by atoms with van der Waals surface area (Å²) in [4.78, 5) is 29.1. The van der Waals surface area contributed by atoms with E-state index in [0.717, 1.165) is 39.4 Å². The van der Waals surface area contributed by atoms with Crippen LogP contribution in [-0.4, -0.2) is 53.5 Å². The first-order chi connectivity index (χ1) is 17.0. The van der Waals surface area contributed by atoms with Crippen LogP contribution in [-0.2, 0) is 0 Å². The topological polar surface area (TPSA) is 97.5 Å². The van der Waals surface area contributed by atoms with Gasteiger partial charge in [-0.1, -0.05) is 31.5 Å². The molecule has 0 aliphatic carbocycles. The molecule has 0 saturated carbocycles. The quantitative estimate of drug-likeness (QED) is 0.427. The van der Waals surface area contributed by atoms with Gasteiger partial charge in [0.1, 0.15) is 29.4 Å². The van der Waals surface area contributed by atoms with Gasteiger partial charge < -0.3 is 20.3 Å². The lowest BCUT2D eigenvalue weighted by Gasteiger charge is -2.31. The van der Waals surface area contributed by atoms with Gasteiger partial charge in [0.25, 0.3) is 5.91 Å². The van der Waals surface area contributed by atoms with Crippen molar-refractivity contribution in [2.24, 2.45) is 0 Å². The Morgan fingerprint density at radius 1 is 1.14 bits per heavy atom. The third kappa shape index (κ3) is 5.23. The summed E-state index contributed by atoms with van der Waals surface area (Å²) in [6.07, 6.45) is 3.18. The van der Waals surface area contributed by atoms with Gasteiger partial charge >= 0.3 is 0 Å². The van der Waals surface area contributed by atoms with Gasteiger partial charge in [-0.15, -0.1) is 0 Å². The standard InChI is InChI=1S/C27H35ClN6O2/c1-9-36-24-19(17(5)34(8)26-22(15(2)3)25(29)31-14-32-26)12-20(28)16(4)23(24)18-10-11-21(30-13-18)27(35)33(6)7/h10-15,17H,9H2,1-8H3,(H2,29,31,32). The number of amides is 1. The lowest BCUT2D eigenvalue weighted by molar-refractivity contribution is 0.0822. The maximum absolute atomic E-state index is 12.3. The van der Waals surface area contributed by atoms with Crippen LogP contribution in [0, 0.1) is 6.92 Å². The normalized spacial score (nSPS) is 11.9. The number of benzene rings is 1. The number of rotatable bonds is 8. The number of ether oxygens (including phenoxy) is 1. The molecule has 2 N–H and O–H groups in total. The van der Waals surface area contributed by atoms with Gasteiger partial charge in [0.15, 0.2) is 0 Å². The largest absolute Gasteiger partial charge is 0.493 e. The molecular formula is C27H35ClN6O2. The number of pyridine rings is 1. The van der Waals surface area contributed by atoms with Gasteiger partial charge in [-0.3, -0.25) is 9.78 Å². The second-order valence-electron chi connectivity index (χ2n) is 9.28. The van der Waals surface area contributed by atoms with E-state index < -0.39 is 0 Å². The van der Waals surface area contributed by atoms with Gasteiger partial charge in [-0.05, 0) is 44.4 Å². The SMILES string of the molecule is CCOc1c(C(C)N(C)c2ncnc(N)c2C(C)C)cc(Cl)c(C)c1-c1ccc(C(=O)N(C)C)nc1. The Morgan fingerprint density at radius 3 is 2.39 bits per heavy atom. The summed E-state index contributed by atoms with van der Waals surface area (Å²) in [5, 5.41) is 0.614. The minimum Gasteiger partial charge on any atom is -0.493 e. The molecule has 0 saturated heterocycles. The van der Waals surface area contributed by atoms with Crippen LogP contribution in [0.2, 0.25) is 5.02 Å². The molecule has 2 heterocycles. The minimum atomic E-state index is -0.157. The predicted octanol–water partition coefficient (Wildman–Crippen LogP) is 5.50. The average molecular weight is 511 g/mol. The fraction of sp³-hybridized carbons (Fsp3) is 0.407. The van der Waals surface area contributed by atoms with Gasteiger partial charge in [0.05, 0.1) is 12.6 Å². The van der Waals surface area contributed by atoms with E-state index in [9.17, 15) is 4.79 Å². The molecule has 9 heteroatoms. The van der Waals surface area contributed by atoms with Crippen LogP contribution < -0.4 is 15.4 Å². The van der Waals surface area contributed by atoms with Crippen LogP contribution >= 0.6 is 11.6 Å². The first-order valence-corrected chi connectivity index (χ1v) is 12.3. The van der Waals surface area contributed by atoms with Crippen molar-refractivity contribution in [1.82, 2.24) is 19.9 Å². The molecule has 8 nitrogen and oxygen atoms in total. The fourth-order valence-electron chi connectivity index (χ4n) is 4.23. The van der Waals surface area contributed by atoms with Gasteiger partial charge in [-0.25, -0.2) is 9.97 Å². The number of anilines is 2. The molecule has 0 aliphatic rings. The third-order valence-corrected chi connectivity index (χ3v) is 6.70. The maximum Gasteiger partial charge on any atom is 0.271 e. The van der Waals surface area contributed by atoms with Crippen LogP contribution in [0.5, 0.6) is 5.75 Å². The Labute approximate surface area is 218 Å². The average Bonchev–Trinajstić information content (AvgIpc) is 2.84. The van der Waals surface area contributed by atoms with E-state index in [0.29, 0.717) is 23.1 Å². The molecule has 1 aromatic carbocycles. The number of aromatic nitrogens is 3. The first-order valence-electron chi connectivity index (χ1n) is 12.0. The van der Waals surface area contributed by atoms with E-state index in [1.54, 1.807) is 26.4 Å². The molecule has 0 radical (unpaired) electrons. The van der Waals surface area contributed by atoms with Crippen molar-refractivity contribution in [1.29, 1.82) is 0 Å². The molecule has 0 spiro atoms. The van der Waals surface area contributed by atoms with Crippen LogP contribution in [0.25, 0.3) is 11.1 Å². The summed E-state index contributed by atoms with van der Waals surface area (Å²) in [5.74, 6) is 1.95. The smallest absolute Gasteiger partial charge is 0.271 e. The molecule has 36 heavy (non-hydrogen) atoms. The summed E-state index contributed by atoms with van der Waals surface area (Å²) in [6.45, 7) is 10.6. The number of hydrogen-bond donors (Lipinski definition) is 1. The highest BCUT2D eigenvalue weighted by Crippen LogP contribution is 2.44. The zero-order valence-electron chi connectivity index (χ0n) is 22.3. The molecule has 192 valence electrons. The second-order valence-corrected chi connectivity index (χ2v) is 9.69. The van der Waals surface area contributed by atoms with Crippen molar-refractivity contribution in [3.8, 4) is 16.9 Å². The molecule has 0 aliphatic heterocycles. The molecule has 1 amide bonds. The van der Waals surface area contributed by atoms with Crippen molar-refractivity contribution in [2.75, 3.05) is 38.4 Å². The zero-order chi connectivity index (χ0) is 26.7. The first kappa shape index (κ1) is 27.2. The number of nitrogens with two attached hydrogens (primary N) is 1. The van der Waals surface area contributed by atoms with Crippen molar-refractivity contribution in [2.45, 2.75) is 46.6 Å². The highest BCUT2D eigenvalue weighted by Gasteiger charge is 2.27. The number of carbonyl (C=O) groups is 1. The number of hydrogen-bond acceptors (Lipinski definition) is 7. The van der Waals surface area contributed by atoms with Crippen molar-refractivity contribution >= 4 is 29.1 Å². The molecule has 1 unspecified atom stereocenters. The Balaban J connectivity index is 2.16. The van der Waals surface area contributed by atoms with E-state index in [-0.39, 0.29) is 17.9 Å². The van der Waals surface area contributed by atoms with Crippen LogP contribution in [0.15, 0.2) is 30.7 Å². The minimum absolute atomic E-state index is 0.147. The number of nitrogens with zero attached hydrogens (tertiary/aromatic N) is 5. The third-order valence-electron chi connectivity index (χ3n) is 6.31. The highest BCUT2D eigenvalue weighted by molar-refractivity contribution is 6.32. The number of nitrogen functional groups attached to an aromatic ring is 1. The van der Waals surface area contributed by atoms with E-state index >= 15 is 0 Å². The molecule has 3 rings (SSSR count). The maximum atomic E-state index is 12.3. The molecule has 1 atom stereocenters. The molecular weight excluding hydrogens is 476 g/mol. The summed E-state index contributed by atoms with van der Waals surface area (Å²) in [6, 6.07) is 5.40. The van der Waals surface area contributed by atoms with Gasteiger partial charge in [-0.2, -0.15) is 0 Å². The molecule has 0 bridgehead atoms. The van der Waals surface area contributed by atoms with Crippen LogP contribution in [0.1, 0.15) is 66.8 Å². The van der Waals surface area contributed by atoms with E-state index in [1.165, 1.54) is 11.2 Å². The number of halogens is 1. The highest BCUT2D eigenvalue weighted by atomic mass is 35.5. The van der Waals surface area contributed by atoms with Gasteiger partial charge in [0.2, 0.25) is 0 Å². The number of carbonyl (C=O) groups excluding carboxylic acids is 1. The summed E-state index contributed by atoms with van der Waals surface area (Å²) >= 11 is 6.77. The lowest BCUT2D eigenvalue weighted by atomic mass is 9.93. The van der Waals surface area contributed by atoms with Gasteiger partial charge in [0, 0.05) is 54.6 Å². The monoisotopic (exact) mass is 510 g/mol. The summed E-state index contributed by atoms with van der Waals surface area (Å²) in [7, 11) is 5.38. The van der Waals surface area contributed by atoms with E-state index in [1.807, 2.05) is 33.0 Å².